The molecule has 2 aromatic carbocycles. The van der Waals surface area contributed by atoms with E-state index < -0.39 is 0 Å². The van der Waals surface area contributed by atoms with Crippen LogP contribution in [0.15, 0.2) is 60.7 Å². The lowest BCUT2D eigenvalue weighted by molar-refractivity contribution is 0.0960. The molecule has 0 saturated carbocycles. The first-order chi connectivity index (χ1) is 11.2. The second kappa shape index (κ2) is 6.37. The zero-order valence-corrected chi connectivity index (χ0v) is 12.7. The number of aromatic amines is 1. The molecule has 0 fully saturated rings. The van der Waals surface area contributed by atoms with Gasteiger partial charge in [0.15, 0.2) is 0 Å². The number of benzene rings is 2. The van der Waals surface area contributed by atoms with E-state index in [9.17, 15) is 9.59 Å². The van der Waals surface area contributed by atoms with Gasteiger partial charge < -0.3 is 0 Å². The SMILES string of the molecule is O=C(Nc1n[nH]c(=S)n1C(=O)c1ccccc1)c1ccccc1. The minimum Gasteiger partial charge on any atom is -0.290 e. The normalized spacial score (nSPS) is 10.3. The molecule has 114 valence electrons. The van der Waals surface area contributed by atoms with Crippen LogP contribution in [0.4, 0.5) is 5.95 Å². The fourth-order valence-corrected chi connectivity index (χ4v) is 2.26. The van der Waals surface area contributed by atoms with Crippen LogP contribution in [0, 0.1) is 4.77 Å². The molecule has 2 N–H and O–H groups in total. The first-order valence-corrected chi connectivity index (χ1v) is 7.21. The summed E-state index contributed by atoms with van der Waals surface area (Å²) in [6, 6.07) is 17.3. The Morgan fingerprint density at radius 1 is 0.957 bits per heavy atom. The third-order valence-corrected chi connectivity index (χ3v) is 3.43. The molecule has 0 atom stereocenters. The predicted octanol–water partition coefficient (Wildman–Crippen LogP) is 2.88. The number of nitrogens with one attached hydrogen (secondary N) is 2. The lowest BCUT2D eigenvalue weighted by Crippen LogP contribution is -2.20. The van der Waals surface area contributed by atoms with Crippen LogP contribution in [0.2, 0.25) is 0 Å². The fourth-order valence-electron chi connectivity index (χ4n) is 2.04. The molecule has 0 bridgehead atoms. The molecular weight excluding hydrogens is 312 g/mol. The highest BCUT2D eigenvalue weighted by Gasteiger charge is 2.17. The number of rotatable bonds is 3. The minimum absolute atomic E-state index is 0.0534. The molecular formula is C16H12N4O2S. The number of amides is 1. The smallest absolute Gasteiger partial charge is 0.267 e. The monoisotopic (exact) mass is 324 g/mol. The average molecular weight is 324 g/mol. The molecule has 0 aliphatic rings. The van der Waals surface area contributed by atoms with E-state index in [0.717, 1.165) is 4.57 Å². The second-order valence-corrected chi connectivity index (χ2v) is 5.07. The van der Waals surface area contributed by atoms with Gasteiger partial charge in [0.1, 0.15) is 0 Å². The van der Waals surface area contributed by atoms with E-state index in [2.05, 4.69) is 15.5 Å². The van der Waals surface area contributed by atoms with E-state index in [1.54, 1.807) is 48.5 Å². The summed E-state index contributed by atoms with van der Waals surface area (Å²) in [6.45, 7) is 0. The zero-order chi connectivity index (χ0) is 16.2. The number of H-pyrrole nitrogens is 1. The van der Waals surface area contributed by atoms with Crippen molar-refractivity contribution < 1.29 is 9.59 Å². The van der Waals surface area contributed by atoms with E-state index in [0.29, 0.717) is 11.1 Å². The molecule has 0 radical (unpaired) electrons. The van der Waals surface area contributed by atoms with E-state index >= 15 is 0 Å². The van der Waals surface area contributed by atoms with E-state index in [-0.39, 0.29) is 22.5 Å². The number of nitrogens with zero attached hydrogens (tertiary/aromatic N) is 2. The summed E-state index contributed by atoms with van der Waals surface area (Å²) in [7, 11) is 0. The van der Waals surface area contributed by atoms with Crippen molar-refractivity contribution in [1.82, 2.24) is 14.8 Å². The van der Waals surface area contributed by atoms with Crippen molar-refractivity contribution in [3.8, 4) is 0 Å². The summed E-state index contributed by atoms with van der Waals surface area (Å²) in [4.78, 5) is 24.8. The van der Waals surface area contributed by atoms with Gasteiger partial charge in [0.05, 0.1) is 0 Å². The maximum atomic E-state index is 12.6. The van der Waals surface area contributed by atoms with Gasteiger partial charge in [-0.05, 0) is 36.5 Å². The Hall–Kier alpha value is -3.06. The predicted molar refractivity (Wildman–Crippen MR) is 88.0 cm³/mol. The summed E-state index contributed by atoms with van der Waals surface area (Å²) in [5.74, 6) is -0.688. The molecule has 1 aromatic heterocycles. The van der Waals surface area contributed by atoms with Crippen LogP contribution in [0.25, 0.3) is 0 Å². The standard InChI is InChI=1S/C16H12N4O2S/c21-13(11-7-3-1-4-8-11)17-15-18-19-16(23)20(15)14(22)12-9-5-2-6-10-12/h1-10H,(H,19,23)(H,17,18,21). The van der Waals surface area contributed by atoms with Gasteiger partial charge in [-0.3, -0.25) is 14.9 Å². The maximum Gasteiger partial charge on any atom is 0.267 e. The Balaban J connectivity index is 1.92. The lowest BCUT2D eigenvalue weighted by Gasteiger charge is -2.07. The Kier molecular flexibility index (Phi) is 4.11. The molecule has 6 nitrogen and oxygen atoms in total. The second-order valence-electron chi connectivity index (χ2n) is 4.68. The third-order valence-electron chi connectivity index (χ3n) is 3.16. The average Bonchev–Trinajstić information content (AvgIpc) is 2.96. The number of hydrogen-bond acceptors (Lipinski definition) is 4. The number of hydrogen-bond donors (Lipinski definition) is 2. The molecule has 23 heavy (non-hydrogen) atoms. The summed E-state index contributed by atoms with van der Waals surface area (Å²) in [5, 5.41) is 9.04. The first-order valence-electron chi connectivity index (χ1n) is 6.80. The number of anilines is 1. The highest BCUT2D eigenvalue weighted by atomic mass is 32.1. The topological polar surface area (TPSA) is 79.8 Å². The van der Waals surface area contributed by atoms with Crippen LogP contribution < -0.4 is 5.32 Å². The van der Waals surface area contributed by atoms with Crippen molar-refractivity contribution in [3.63, 3.8) is 0 Å². The van der Waals surface area contributed by atoms with Gasteiger partial charge in [0.25, 0.3) is 11.8 Å². The van der Waals surface area contributed by atoms with Gasteiger partial charge in [-0.2, -0.15) is 0 Å². The molecule has 0 spiro atoms. The minimum atomic E-state index is -0.373. The number of aromatic nitrogens is 3. The van der Waals surface area contributed by atoms with E-state index in [1.807, 2.05) is 12.1 Å². The molecule has 0 aliphatic carbocycles. The summed E-state index contributed by atoms with van der Waals surface area (Å²) in [5.41, 5.74) is 0.903. The van der Waals surface area contributed by atoms with Crippen LogP contribution >= 0.6 is 12.2 Å². The van der Waals surface area contributed by atoms with Gasteiger partial charge in [0, 0.05) is 11.1 Å². The van der Waals surface area contributed by atoms with Crippen LogP contribution in [0.5, 0.6) is 0 Å². The zero-order valence-electron chi connectivity index (χ0n) is 11.9. The summed E-state index contributed by atoms with van der Waals surface area (Å²) >= 11 is 5.09. The Morgan fingerprint density at radius 3 is 2.13 bits per heavy atom. The highest BCUT2D eigenvalue weighted by molar-refractivity contribution is 7.71. The molecule has 0 aliphatic heterocycles. The quantitative estimate of drug-likeness (QED) is 0.726. The van der Waals surface area contributed by atoms with Gasteiger partial charge in [-0.1, -0.05) is 36.4 Å². The van der Waals surface area contributed by atoms with Crippen molar-refractivity contribution in [3.05, 3.63) is 76.6 Å². The Bertz CT molecular complexity index is 901. The summed E-state index contributed by atoms with van der Waals surface area (Å²) in [6.07, 6.45) is 0. The van der Waals surface area contributed by atoms with Crippen molar-refractivity contribution in [2.75, 3.05) is 5.32 Å². The summed E-state index contributed by atoms with van der Waals surface area (Å²) < 4.78 is 1.27. The third kappa shape index (κ3) is 3.09. The number of carbonyl (C=O) groups excluding carboxylic acids is 2. The van der Waals surface area contributed by atoms with Crippen LogP contribution in [-0.4, -0.2) is 26.6 Å². The van der Waals surface area contributed by atoms with Crippen molar-refractivity contribution >= 4 is 30.0 Å². The molecule has 0 saturated heterocycles. The van der Waals surface area contributed by atoms with Crippen LogP contribution in [0.3, 0.4) is 0 Å². The van der Waals surface area contributed by atoms with Crippen molar-refractivity contribution in [2.24, 2.45) is 0 Å². The van der Waals surface area contributed by atoms with Crippen LogP contribution in [0.1, 0.15) is 20.7 Å². The Labute approximate surface area is 136 Å². The molecule has 3 rings (SSSR count). The van der Waals surface area contributed by atoms with Gasteiger partial charge in [-0.25, -0.2) is 9.67 Å². The highest BCUT2D eigenvalue weighted by Crippen LogP contribution is 2.11. The van der Waals surface area contributed by atoms with E-state index in [4.69, 9.17) is 12.2 Å². The van der Waals surface area contributed by atoms with E-state index in [1.165, 1.54) is 0 Å². The Morgan fingerprint density at radius 2 is 1.52 bits per heavy atom. The maximum absolute atomic E-state index is 12.6. The van der Waals surface area contributed by atoms with Gasteiger partial charge in [-0.15, -0.1) is 5.10 Å². The molecule has 0 unspecified atom stereocenters. The van der Waals surface area contributed by atoms with Crippen LogP contribution in [-0.2, 0) is 0 Å². The molecule has 1 amide bonds. The first kappa shape index (κ1) is 14.9. The molecule has 3 aromatic rings. The largest absolute Gasteiger partial charge is 0.290 e. The van der Waals surface area contributed by atoms with Gasteiger partial charge >= 0.3 is 0 Å². The van der Waals surface area contributed by atoms with Gasteiger partial charge in [0.2, 0.25) is 10.7 Å². The lowest BCUT2D eigenvalue weighted by atomic mass is 10.2. The van der Waals surface area contributed by atoms with Crippen molar-refractivity contribution in [1.29, 1.82) is 0 Å². The fraction of sp³-hybridized carbons (Fsp3) is 0. The molecule has 1 heterocycles. The van der Waals surface area contributed by atoms with Crippen molar-refractivity contribution in [2.45, 2.75) is 0 Å². The number of carbonyl (C=O) groups is 2. The molecule has 7 heteroatoms.